The number of nitrogens with one attached hydrogen (secondary N) is 2. The number of hydrogen-bond acceptors (Lipinski definition) is 4. The van der Waals surface area contributed by atoms with Crippen molar-refractivity contribution in [2.45, 2.75) is 11.8 Å². The SMILES string of the molecule is CC(=O)Nc1ccc(-c2sccc2NS(=O)(=O)c2cc(Cl)c(Cl)cc2Cl)cc1. The van der Waals surface area contributed by atoms with Crippen LogP contribution < -0.4 is 10.0 Å². The Bertz CT molecular complexity index is 1140. The van der Waals surface area contributed by atoms with Gasteiger partial charge in [0.2, 0.25) is 5.91 Å². The van der Waals surface area contributed by atoms with Gasteiger partial charge in [-0.2, -0.15) is 0 Å². The average molecular weight is 476 g/mol. The molecular weight excluding hydrogens is 463 g/mol. The maximum atomic E-state index is 12.8. The summed E-state index contributed by atoms with van der Waals surface area (Å²) in [6, 6.07) is 11.2. The summed E-state index contributed by atoms with van der Waals surface area (Å²) >= 11 is 19.2. The van der Waals surface area contributed by atoms with Crippen LogP contribution in [0.5, 0.6) is 0 Å². The molecule has 10 heteroatoms. The van der Waals surface area contributed by atoms with Crippen LogP contribution in [0, 0.1) is 0 Å². The zero-order valence-corrected chi connectivity index (χ0v) is 18.2. The first-order valence-corrected chi connectivity index (χ1v) is 11.3. The summed E-state index contributed by atoms with van der Waals surface area (Å²) in [6.07, 6.45) is 0. The molecule has 0 aliphatic rings. The van der Waals surface area contributed by atoms with E-state index in [9.17, 15) is 13.2 Å². The van der Waals surface area contributed by atoms with Crippen molar-refractivity contribution in [2.24, 2.45) is 0 Å². The van der Waals surface area contributed by atoms with Crippen LogP contribution in [0.1, 0.15) is 6.92 Å². The number of anilines is 2. The standard InChI is InChI=1S/C18H13Cl3N2O3S2/c1-10(24)22-12-4-2-11(3-5-12)18-16(6-7-27-18)23-28(25,26)17-9-14(20)13(19)8-15(17)21/h2-9,23H,1H3,(H,22,24). The van der Waals surface area contributed by atoms with E-state index in [1.807, 2.05) is 0 Å². The van der Waals surface area contributed by atoms with Crippen LogP contribution in [-0.4, -0.2) is 14.3 Å². The van der Waals surface area contributed by atoms with Gasteiger partial charge >= 0.3 is 0 Å². The first-order chi connectivity index (χ1) is 13.2. The maximum absolute atomic E-state index is 12.8. The van der Waals surface area contributed by atoms with Gasteiger partial charge in [-0.1, -0.05) is 46.9 Å². The lowest BCUT2D eigenvalue weighted by Crippen LogP contribution is -2.13. The molecule has 0 fully saturated rings. The van der Waals surface area contributed by atoms with Gasteiger partial charge < -0.3 is 5.32 Å². The molecular formula is C18H13Cl3N2O3S2. The van der Waals surface area contributed by atoms with Crippen LogP contribution in [0.4, 0.5) is 11.4 Å². The van der Waals surface area contributed by atoms with Crippen LogP contribution in [0.25, 0.3) is 10.4 Å². The molecule has 2 N–H and O–H groups in total. The van der Waals surface area contributed by atoms with Gasteiger partial charge in [0.15, 0.2) is 0 Å². The van der Waals surface area contributed by atoms with Crippen molar-refractivity contribution in [3.63, 3.8) is 0 Å². The molecule has 0 aliphatic heterocycles. The van der Waals surface area contributed by atoms with Gasteiger partial charge in [0.25, 0.3) is 10.0 Å². The van der Waals surface area contributed by atoms with E-state index in [4.69, 9.17) is 34.8 Å². The third-order valence-electron chi connectivity index (χ3n) is 3.64. The molecule has 1 heterocycles. The number of sulfonamides is 1. The predicted molar refractivity (Wildman–Crippen MR) is 116 cm³/mol. The summed E-state index contributed by atoms with van der Waals surface area (Å²) in [4.78, 5) is 11.7. The first-order valence-electron chi connectivity index (χ1n) is 7.80. The van der Waals surface area contributed by atoms with Crippen molar-refractivity contribution in [3.05, 3.63) is 62.9 Å². The Hall–Kier alpha value is -1.77. The molecule has 0 radical (unpaired) electrons. The van der Waals surface area contributed by atoms with Gasteiger partial charge in [0.1, 0.15) is 4.90 Å². The highest BCUT2D eigenvalue weighted by Crippen LogP contribution is 2.37. The Balaban J connectivity index is 1.92. The lowest BCUT2D eigenvalue weighted by molar-refractivity contribution is -0.114. The molecule has 0 saturated carbocycles. The summed E-state index contributed by atoms with van der Waals surface area (Å²) in [5.41, 5.74) is 1.85. The zero-order chi connectivity index (χ0) is 20.5. The predicted octanol–water partition coefficient (Wildman–Crippen LogP) is 6.13. The van der Waals surface area contributed by atoms with Crippen LogP contribution in [0.2, 0.25) is 15.1 Å². The van der Waals surface area contributed by atoms with Crippen molar-refractivity contribution in [1.29, 1.82) is 0 Å². The number of carbonyl (C=O) groups is 1. The van der Waals surface area contributed by atoms with Crippen LogP contribution >= 0.6 is 46.1 Å². The Kier molecular flexibility index (Phi) is 6.21. The third-order valence-corrected chi connectivity index (χ3v) is 7.16. The van der Waals surface area contributed by atoms with E-state index in [1.165, 1.54) is 30.4 Å². The second kappa shape index (κ2) is 8.31. The average Bonchev–Trinajstić information content (AvgIpc) is 3.05. The van der Waals surface area contributed by atoms with Gasteiger partial charge in [-0.15, -0.1) is 11.3 Å². The first kappa shape index (κ1) is 21.0. The Morgan fingerprint density at radius 3 is 2.25 bits per heavy atom. The summed E-state index contributed by atoms with van der Waals surface area (Å²) in [7, 11) is -3.98. The molecule has 0 bridgehead atoms. The Morgan fingerprint density at radius 1 is 0.964 bits per heavy atom. The summed E-state index contributed by atoms with van der Waals surface area (Å²) < 4.78 is 28.1. The summed E-state index contributed by atoms with van der Waals surface area (Å²) in [5, 5.41) is 4.68. The second-order valence-corrected chi connectivity index (χ2v) is 9.51. The molecule has 1 aromatic heterocycles. The quantitative estimate of drug-likeness (QED) is 0.436. The van der Waals surface area contributed by atoms with Gasteiger partial charge in [-0.3, -0.25) is 9.52 Å². The molecule has 0 aliphatic carbocycles. The molecule has 0 atom stereocenters. The number of hydrogen-bond donors (Lipinski definition) is 2. The number of carbonyl (C=O) groups excluding carboxylic acids is 1. The van der Waals surface area contributed by atoms with E-state index in [0.29, 0.717) is 16.3 Å². The lowest BCUT2D eigenvalue weighted by atomic mass is 10.1. The van der Waals surface area contributed by atoms with E-state index in [1.54, 1.807) is 35.7 Å². The highest BCUT2D eigenvalue weighted by Gasteiger charge is 2.22. The van der Waals surface area contributed by atoms with E-state index >= 15 is 0 Å². The van der Waals surface area contributed by atoms with Crippen molar-refractivity contribution >= 4 is 73.4 Å². The molecule has 146 valence electrons. The topological polar surface area (TPSA) is 75.3 Å². The Labute approximate surface area is 181 Å². The minimum Gasteiger partial charge on any atom is -0.326 e. The maximum Gasteiger partial charge on any atom is 0.263 e. The number of rotatable bonds is 5. The van der Waals surface area contributed by atoms with Gasteiger partial charge in [0.05, 0.1) is 25.6 Å². The highest BCUT2D eigenvalue weighted by atomic mass is 35.5. The van der Waals surface area contributed by atoms with Crippen LogP contribution in [-0.2, 0) is 14.8 Å². The molecule has 0 saturated heterocycles. The summed E-state index contributed by atoms with van der Waals surface area (Å²) in [6.45, 7) is 1.42. The molecule has 2 aromatic carbocycles. The van der Waals surface area contributed by atoms with Gasteiger partial charge in [-0.05, 0) is 41.3 Å². The zero-order valence-electron chi connectivity index (χ0n) is 14.3. The molecule has 28 heavy (non-hydrogen) atoms. The van der Waals surface area contributed by atoms with Gasteiger partial charge in [-0.25, -0.2) is 8.42 Å². The normalized spacial score (nSPS) is 11.3. The van der Waals surface area contributed by atoms with Crippen LogP contribution in [0.15, 0.2) is 52.7 Å². The minimum atomic E-state index is -3.98. The van der Waals surface area contributed by atoms with Crippen molar-refractivity contribution in [2.75, 3.05) is 10.0 Å². The summed E-state index contributed by atoms with van der Waals surface area (Å²) in [5.74, 6) is -0.171. The van der Waals surface area contributed by atoms with Crippen LogP contribution in [0.3, 0.4) is 0 Å². The molecule has 0 spiro atoms. The number of benzene rings is 2. The largest absolute Gasteiger partial charge is 0.326 e. The number of halogens is 3. The monoisotopic (exact) mass is 474 g/mol. The fraction of sp³-hybridized carbons (Fsp3) is 0.0556. The minimum absolute atomic E-state index is 0.0293. The smallest absolute Gasteiger partial charge is 0.263 e. The number of thiophene rings is 1. The fourth-order valence-electron chi connectivity index (χ4n) is 2.43. The fourth-order valence-corrected chi connectivity index (χ4v) is 5.43. The lowest BCUT2D eigenvalue weighted by Gasteiger charge is -2.12. The third kappa shape index (κ3) is 4.61. The van der Waals surface area contributed by atoms with Crippen molar-refractivity contribution < 1.29 is 13.2 Å². The molecule has 3 aromatic rings. The number of amides is 1. The van der Waals surface area contributed by atoms with E-state index in [-0.39, 0.29) is 25.9 Å². The Morgan fingerprint density at radius 2 is 1.61 bits per heavy atom. The molecule has 1 amide bonds. The molecule has 0 unspecified atom stereocenters. The molecule has 5 nitrogen and oxygen atoms in total. The second-order valence-electron chi connectivity index (χ2n) is 5.72. The van der Waals surface area contributed by atoms with Crippen molar-refractivity contribution in [1.82, 2.24) is 0 Å². The van der Waals surface area contributed by atoms with Gasteiger partial charge in [0, 0.05) is 12.6 Å². The van der Waals surface area contributed by atoms with Crippen molar-refractivity contribution in [3.8, 4) is 10.4 Å². The van der Waals surface area contributed by atoms with E-state index < -0.39 is 10.0 Å². The highest BCUT2D eigenvalue weighted by molar-refractivity contribution is 7.92. The molecule has 3 rings (SSSR count). The van der Waals surface area contributed by atoms with E-state index in [2.05, 4.69) is 10.0 Å². The van der Waals surface area contributed by atoms with E-state index in [0.717, 1.165) is 5.56 Å².